The lowest BCUT2D eigenvalue weighted by atomic mass is 10.1. The van der Waals surface area contributed by atoms with Crippen LogP contribution < -0.4 is 5.32 Å². The Morgan fingerprint density at radius 2 is 2.29 bits per heavy atom. The second-order valence-electron chi connectivity index (χ2n) is 4.02. The van der Waals surface area contributed by atoms with Gasteiger partial charge in [-0.25, -0.2) is 0 Å². The van der Waals surface area contributed by atoms with Gasteiger partial charge in [0.1, 0.15) is 5.76 Å². The van der Waals surface area contributed by atoms with Gasteiger partial charge in [-0.15, -0.1) is 11.3 Å². The van der Waals surface area contributed by atoms with Gasteiger partial charge in [0.05, 0.1) is 6.04 Å². The third-order valence-corrected chi connectivity index (χ3v) is 3.87. The zero-order valence-corrected chi connectivity index (χ0v) is 12.4. The standard InChI is InChI=1S/C13H16BrNOS/c1-3-6-15-13(10-7-9(2)17-8-10)11-4-5-12(14)16-11/h4-5,7-8,13,15H,3,6H2,1-2H3. The van der Waals surface area contributed by atoms with Crippen molar-refractivity contribution in [2.24, 2.45) is 0 Å². The molecule has 1 atom stereocenters. The van der Waals surface area contributed by atoms with Crippen LogP contribution in [0.15, 0.2) is 32.7 Å². The van der Waals surface area contributed by atoms with Gasteiger partial charge in [0.25, 0.3) is 0 Å². The minimum Gasteiger partial charge on any atom is -0.452 e. The van der Waals surface area contributed by atoms with E-state index in [2.05, 4.69) is 46.5 Å². The van der Waals surface area contributed by atoms with Crippen molar-refractivity contribution in [2.75, 3.05) is 6.54 Å². The number of hydrogen-bond donors (Lipinski definition) is 1. The average molecular weight is 314 g/mol. The number of aryl methyl sites for hydroxylation is 1. The fourth-order valence-corrected chi connectivity index (χ4v) is 2.82. The van der Waals surface area contributed by atoms with Crippen LogP contribution >= 0.6 is 27.3 Å². The van der Waals surface area contributed by atoms with Crippen LogP contribution in [-0.2, 0) is 0 Å². The first-order valence-electron chi connectivity index (χ1n) is 5.74. The topological polar surface area (TPSA) is 25.2 Å². The van der Waals surface area contributed by atoms with E-state index in [4.69, 9.17) is 4.42 Å². The van der Waals surface area contributed by atoms with E-state index in [1.165, 1.54) is 10.4 Å². The highest BCUT2D eigenvalue weighted by molar-refractivity contribution is 9.10. The molecule has 0 saturated heterocycles. The smallest absolute Gasteiger partial charge is 0.169 e. The van der Waals surface area contributed by atoms with Crippen molar-refractivity contribution in [3.8, 4) is 0 Å². The van der Waals surface area contributed by atoms with E-state index in [0.29, 0.717) is 0 Å². The molecule has 17 heavy (non-hydrogen) atoms. The summed E-state index contributed by atoms with van der Waals surface area (Å²) in [5, 5.41) is 5.71. The largest absolute Gasteiger partial charge is 0.452 e. The summed E-state index contributed by atoms with van der Waals surface area (Å²) >= 11 is 5.13. The molecule has 2 aromatic rings. The van der Waals surface area contributed by atoms with Crippen LogP contribution in [0.5, 0.6) is 0 Å². The van der Waals surface area contributed by atoms with Crippen LogP contribution in [0.25, 0.3) is 0 Å². The van der Waals surface area contributed by atoms with Crippen LogP contribution in [0.1, 0.15) is 35.6 Å². The Kier molecular flexibility index (Phi) is 4.42. The van der Waals surface area contributed by atoms with Crippen molar-refractivity contribution in [3.05, 3.63) is 44.4 Å². The fourth-order valence-electron chi connectivity index (χ4n) is 1.77. The fraction of sp³-hybridized carbons (Fsp3) is 0.385. The van der Waals surface area contributed by atoms with Crippen LogP contribution in [-0.4, -0.2) is 6.54 Å². The van der Waals surface area contributed by atoms with Gasteiger partial charge in [-0.2, -0.15) is 0 Å². The molecule has 2 rings (SSSR count). The Morgan fingerprint density at radius 1 is 1.47 bits per heavy atom. The van der Waals surface area contributed by atoms with E-state index in [9.17, 15) is 0 Å². The van der Waals surface area contributed by atoms with E-state index in [1.54, 1.807) is 11.3 Å². The summed E-state index contributed by atoms with van der Waals surface area (Å²) in [6.45, 7) is 5.28. The predicted octanol–water partition coefficient (Wildman–Crippen LogP) is 4.50. The number of nitrogens with one attached hydrogen (secondary N) is 1. The highest BCUT2D eigenvalue weighted by atomic mass is 79.9. The van der Waals surface area contributed by atoms with Gasteiger partial charge in [0, 0.05) is 4.88 Å². The molecule has 1 N–H and O–H groups in total. The van der Waals surface area contributed by atoms with E-state index >= 15 is 0 Å². The van der Waals surface area contributed by atoms with Gasteiger partial charge in [-0.3, -0.25) is 0 Å². The van der Waals surface area contributed by atoms with Gasteiger partial charge >= 0.3 is 0 Å². The van der Waals surface area contributed by atoms with Gasteiger partial charge < -0.3 is 9.73 Å². The minimum absolute atomic E-state index is 0.159. The Balaban J connectivity index is 2.24. The lowest BCUT2D eigenvalue weighted by Gasteiger charge is -2.14. The maximum atomic E-state index is 5.67. The lowest BCUT2D eigenvalue weighted by molar-refractivity contribution is 0.433. The zero-order chi connectivity index (χ0) is 12.3. The first kappa shape index (κ1) is 12.9. The SMILES string of the molecule is CCCNC(c1csc(C)c1)c1ccc(Br)o1. The maximum Gasteiger partial charge on any atom is 0.169 e. The van der Waals surface area contributed by atoms with E-state index in [0.717, 1.165) is 23.4 Å². The summed E-state index contributed by atoms with van der Waals surface area (Å²) in [4.78, 5) is 1.33. The van der Waals surface area contributed by atoms with Crippen molar-refractivity contribution < 1.29 is 4.42 Å². The summed E-state index contributed by atoms with van der Waals surface area (Å²) in [6, 6.07) is 6.33. The Bertz CT molecular complexity index is 437. The molecule has 0 radical (unpaired) electrons. The molecule has 0 aliphatic rings. The highest BCUT2D eigenvalue weighted by Crippen LogP contribution is 2.28. The van der Waals surface area contributed by atoms with Crippen LogP contribution in [0.3, 0.4) is 0 Å². The maximum absolute atomic E-state index is 5.67. The number of halogens is 1. The second kappa shape index (κ2) is 5.85. The van der Waals surface area contributed by atoms with Crippen molar-refractivity contribution in [1.29, 1.82) is 0 Å². The molecular formula is C13H16BrNOS. The molecule has 0 aromatic carbocycles. The third kappa shape index (κ3) is 3.21. The predicted molar refractivity (Wildman–Crippen MR) is 75.6 cm³/mol. The minimum atomic E-state index is 0.159. The Morgan fingerprint density at radius 3 is 2.82 bits per heavy atom. The van der Waals surface area contributed by atoms with Crippen molar-refractivity contribution in [2.45, 2.75) is 26.3 Å². The highest BCUT2D eigenvalue weighted by Gasteiger charge is 2.17. The number of hydrogen-bond acceptors (Lipinski definition) is 3. The normalized spacial score (nSPS) is 12.9. The summed E-state index contributed by atoms with van der Waals surface area (Å²) in [5.74, 6) is 0.961. The molecule has 0 aliphatic heterocycles. The summed E-state index contributed by atoms with van der Waals surface area (Å²) in [5.41, 5.74) is 1.28. The van der Waals surface area contributed by atoms with E-state index in [-0.39, 0.29) is 6.04 Å². The first-order valence-corrected chi connectivity index (χ1v) is 7.41. The second-order valence-corrected chi connectivity index (χ2v) is 5.92. The summed E-state index contributed by atoms with van der Waals surface area (Å²) < 4.78 is 6.45. The van der Waals surface area contributed by atoms with E-state index in [1.807, 2.05) is 12.1 Å². The van der Waals surface area contributed by atoms with Gasteiger partial charge in [0.2, 0.25) is 0 Å². The zero-order valence-electron chi connectivity index (χ0n) is 10.00. The molecule has 0 amide bonds. The molecular weight excluding hydrogens is 298 g/mol. The van der Waals surface area contributed by atoms with Crippen LogP contribution in [0.4, 0.5) is 0 Å². The molecule has 0 spiro atoms. The molecule has 0 aliphatic carbocycles. The molecule has 0 fully saturated rings. The molecule has 0 bridgehead atoms. The summed E-state index contributed by atoms with van der Waals surface area (Å²) in [7, 11) is 0. The lowest BCUT2D eigenvalue weighted by Crippen LogP contribution is -2.22. The Labute approximate surface area is 114 Å². The first-order chi connectivity index (χ1) is 8.20. The molecule has 2 aromatic heterocycles. The summed E-state index contributed by atoms with van der Waals surface area (Å²) in [6.07, 6.45) is 1.11. The molecule has 2 heterocycles. The van der Waals surface area contributed by atoms with Gasteiger partial charge in [0.15, 0.2) is 4.67 Å². The van der Waals surface area contributed by atoms with Crippen molar-refractivity contribution >= 4 is 27.3 Å². The quantitative estimate of drug-likeness (QED) is 0.879. The molecule has 4 heteroatoms. The monoisotopic (exact) mass is 313 g/mol. The van der Waals surface area contributed by atoms with E-state index < -0.39 is 0 Å². The van der Waals surface area contributed by atoms with Crippen molar-refractivity contribution in [1.82, 2.24) is 5.32 Å². The van der Waals surface area contributed by atoms with Gasteiger partial charge in [-0.05, 0) is 65.0 Å². The molecule has 1 unspecified atom stereocenters. The third-order valence-electron chi connectivity index (χ3n) is 2.56. The molecule has 92 valence electrons. The molecule has 2 nitrogen and oxygen atoms in total. The number of thiophene rings is 1. The average Bonchev–Trinajstić information content (AvgIpc) is 2.89. The van der Waals surface area contributed by atoms with Gasteiger partial charge in [-0.1, -0.05) is 6.92 Å². The van der Waals surface area contributed by atoms with Crippen molar-refractivity contribution in [3.63, 3.8) is 0 Å². The van der Waals surface area contributed by atoms with Crippen LogP contribution in [0, 0.1) is 6.92 Å². The molecule has 0 saturated carbocycles. The number of furan rings is 1. The van der Waals surface area contributed by atoms with Crippen LogP contribution in [0.2, 0.25) is 0 Å². The Hall–Kier alpha value is -0.580. The number of rotatable bonds is 5.